The standard InChI is InChI=1S/C19H12N4O4/c24-18(25)12-3-1-10(2-4-12)14-9-13(19(26)27)15-16(22-23-17(15)21-14)11-5-7-20-8-6-11/h1-9H,(H,24,25)(H,26,27)(H,21,22,23). The zero-order valence-corrected chi connectivity index (χ0v) is 13.7. The van der Waals surface area contributed by atoms with Crippen LogP contribution in [0.25, 0.3) is 33.5 Å². The Hall–Kier alpha value is -4.07. The van der Waals surface area contributed by atoms with Crippen molar-refractivity contribution in [2.45, 2.75) is 0 Å². The van der Waals surface area contributed by atoms with E-state index in [4.69, 9.17) is 5.11 Å². The SMILES string of the molecule is O=C(O)c1ccc(-c2cc(C(=O)O)c3c(-c4ccncc4)[nH]nc3n2)cc1. The molecule has 4 aromatic rings. The van der Waals surface area contributed by atoms with Crippen molar-refractivity contribution >= 4 is 23.0 Å². The fourth-order valence-corrected chi connectivity index (χ4v) is 2.85. The van der Waals surface area contributed by atoms with Crippen molar-refractivity contribution in [1.82, 2.24) is 20.2 Å². The molecule has 0 aliphatic rings. The predicted octanol–water partition coefficient (Wildman–Crippen LogP) is 3.08. The number of carboxylic acids is 2. The lowest BCUT2D eigenvalue weighted by molar-refractivity contribution is 0.0687. The van der Waals surface area contributed by atoms with Crippen LogP contribution >= 0.6 is 0 Å². The summed E-state index contributed by atoms with van der Waals surface area (Å²) in [6.45, 7) is 0. The summed E-state index contributed by atoms with van der Waals surface area (Å²) in [5, 5.41) is 26.1. The summed E-state index contributed by atoms with van der Waals surface area (Å²) >= 11 is 0. The molecule has 0 amide bonds. The summed E-state index contributed by atoms with van der Waals surface area (Å²) in [5.41, 5.74) is 2.73. The average molecular weight is 360 g/mol. The number of hydrogen-bond donors (Lipinski definition) is 3. The third kappa shape index (κ3) is 2.89. The number of nitrogens with zero attached hydrogens (tertiary/aromatic N) is 3. The number of aromatic nitrogens is 4. The van der Waals surface area contributed by atoms with Crippen LogP contribution in [-0.4, -0.2) is 42.3 Å². The molecule has 132 valence electrons. The van der Waals surface area contributed by atoms with Crippen LogP contribution in [0.5, 0.6) is 0 Å². The van der Waals surface area contributed by atoms with Crippen molar-refractivity contribution in [2.24, 2.45) is 0 Å². The molecule has 3 aromatic heterocycles. The number of carboxylic acid groups (broad SMARTS) is 2. The Morgan fingerprint density at radius 2 is 1.59 bits per heavy atom. The van der Waals surface area contributed by atoms with Crippen LogP contribution < -0.4 is 0 Å². The van der Waals surface area contributed by atoms with Crippen LogP contribution in [-0.2, 0) is 0 Å². The van der Waals surface area contributed by atoms with Crippen molar-refractivity contribution < 1.29 is 19.8 Å². The lowest BCUT2D eigenvalue weighted by Gasteiger charge is -2.06. The van der Waals surface area contributed by atoms with Gasteiger partial charge in [0.05, 0.1) is 27.9 Å². The number of H-pyrrole nitrogens is 1. The molecule has 0 aliphatic carbocycles. The molecule has 0 atom stereocenters. The monoisotopic (exact) mass is 360 g/mol. The van der Waals surface area contributed by atoms with Gasteiger partial charge in [0.1, 0.15) is 0 Å². The maximum Gasteiger partial charge on any atom is 0.336 e. The number of aromatic amines is 1. The Morgan fingerprint density at radius 3 is 2.22 bits per heavy atom. The van der Waals surface area contributed by atoms with E-state index in [0.717, 1.165) is 5.56 Å². The molecule has 0 fully saturated rings. The van der Waals surface area contributed by atoms with Gasteiger partial charge >= 0.3 is 11.9 Å². The maximum atomic E-state index is 11.9. The van der Waals surface area contributed by atoms with Crippen LogP contribution in [0.4, 0.5) is 0 Å². The number of pyridine rings is 2. The van der Waals surface area contributed by atoms with Crippen LogP contribution in [0, 0.1) is 0 Å². The number of carbonyl (C=O) groups is 2. The Labute approximate surface area is 152 Å². The first kappa shape index (κ1) is 16.4. The van der Waals surface area contributed by atoms with Gasteiger partial charge in [-0.3, -0.25) is 10.1 Å². The molecule has 0 aliphatic heterocycles. The van der Waals surface area contributed by atoms with E-state index in [-0.39, 0.29) is 16.8 Å². The second-order valence-electron chi connectivity index (χ2n) is 5.78. The highest BCUT2D eigenvalue weighted by Gasteiger charge is 2.19. The predicted molar refractivity (Wildman–Crippen MR) is 96.5 cm³/mol. The van der Waals surface area contributed by atoms with Crippen LogP contribution in [0.1, 0.15) is 20.7 Å². The topological polar surface area (TPSA) is 129 Å². The molecule has 0 saturated heterocycles. The highest BCUT2D eigenvalue weighted by atomic mass is 16.4. The first-order valence-corrected chi connectivity index (χ1v) is 7.91. The van der Waals surface area contributed by atoms with Crippen molar-refractivity contribution in [1.29, 1.82) is 0 Å². The highest BCUT2D eigenvalue weighted by Crippen LogP contribution is 2.31. The number of fused-ring (bicyclic) bond motifs is 1. The van der Waals surface area contributed by atoms with Gasteiger partial charge in [-0.25, -0.2) is 14.6 Å². The van der Waals surface area contributed by atoms with E-state index in [1.54, 1.807) is 36.7 Å². The van der Waals surface area contributed by atoms with Gasteiger partial charge in [-0.1, -0.05) is 12.1 Å². The van der Waals surface area contributed by atoms with Gasteiger partial charge in [0.2, 0.25) is 0 Å². The molecule has 0 unspecified atom stereocenters. The first-order valence-electron chi connectivity index (χ1n) is 7.91. The highest BCUT2D eigenvalue weighted by molar-refractivity contribution is 6.08. The second-order valence-corrected chi connectivity index (χ2v) is 5.78. The van der Waals surface area contributed by atoms with Crippen LogP contribution in [0.15, 0.2) is 54.9 Å². The van der Waals surface area contributed by atoms with Gasteiger partial charge in [0.25, 0.3) is 0 Å². The summed E-state index contributed by atoms with van der Waals surface area (Å²) in [5.74, 6) is -2.15. The smallest absolute Gasteiger partial charge is 0.336 e. The largest absolute Gasteiger partial charge is 0.478 e. The Bertz CT molecular complexity index is 1170. The number of nitrogens with one attached hydrogen (secondary N) is 1. The fourth-order valence-electron chi connectivity index (χ4n) is 2.85. The lowest BCUT2D eigenvalue weighted by Crippen LogP contribution is -2.01. The molecule has 3 heterocycles. The first-order chi connectivity index (χ1) is 13.0. The zero-order chi connectivity index (χ0) is 19.0. The van der Waals surface area contributed by atoms with Gasteiger partial charge in [0.15, 0.2) is 5.65 Å². The van der Waals surface area contributed by atoms with E-state index in [1.165, 1.54) is 18.2 Å². The molecule has 0 spiro atoms. The Balaban J connectivity index is 1.90. The third-order valence-electron chi connectivity index (χ3n) is 4.15. The quantitative estimate of drug-likeness (QED) is 0.510. The average Bonchev–Trinajstić information content (AvgIpc) is 3.12. The lowest BCUT2D eigenvalue weighted by atomic mass is 10.0. The number of hydrogen-bond acceptors (Lipinski definition) is 5. The number of benzene rings is 1. The molecule has 8 heteroatoms. The molecule has 27 heavy (non-hydrogen) atoms. The molecule has 0 saturated carbocycles. The van der Waals surface area contributed by atoms with Gasteiger partial charge in [-0.05, 0) is 30.3 Å². The maximum absolute atomic E-state index is 11.9. The van der Waals surface area contributed by atoms with Crippen molar-refractivity contribution in [2.75, 3.05) is 0 Å². The Morgan fingerprint density at radius 1 is 0.889 bits per heavy atom. The zero-order valence-electron chi connectivity index (χ0n) is 13.7. The normalized spacial score (nSPS) is 10.8. The van der Waals surface area contributed by atoms with Gasteiger partial charge in [-0.2, -0.15) is 5.10 Å². The summed E-state index contributed by atoms with van der Waals surface area (Å²) < 4.78 is 0. The van der Waals surface area contributed by atoms with Crippen molar-refractivity contribution in [3.63, 3.8) is 0 Å². The molecular weight excluding hydrogens is 348 g/mol. The number of aromatic carboxylic acids is 2. The molecular formula is C19H12N4O4. The fraction of sp³-hybridized carbons (Fsp3) is 0. The van der Waals surface area contributed by atoms with Crippen molar-refractivity contribution in [3.8, 4) is 22.5 Å². The minimum Gasteiger partial charge on any atom is -0.478 e. The van der Waals surface area contributed by atoms with Crippen LogP contribution in [0.3, 0.4) is 0 Å². The van der Waals surface area contributed by atoms with Crippen LogP contribution in [0.2, 0.25) is 0 Å². The van der Waals surface area contributed by atoms with E-state index >= 15 is 0 Å². The van der Waals surface area contributed by atoms with Crippen molar-refractivity contribution in [3.05, 3.63) is 66.0 Å². The Kier molecular flexibility index (Phi) is 3.85. The summed E-state index contributed by atoms with van der Waals surface area (Å²) in [6.07, 6.45) is 3.21. The summed E-state index contributed by atoms with van der Waals surface area (Å²) in [7, 11) is 0. The number of rotatable bonds is 4. The molecule has 3 N–H and O–H groups in total. The van der Waals surface area contributed by atoms with E-state index in [0.29, 0.717) is 22.3 Å². The minimum atomic E-state index is -1.11. The minimum absolute atomic E-state index is 0.0536. The molecule has 4 rings (SSSR count). The van der Waals surface area contributed by atoms with E-state index < -0.39 is 11.9 Å². The van der Waals surface area contributed by atoms with E-state index in [2.05, 4.69) is 20.2 Å². The van der Waals surface area contributed by atoms with E-state index in [1.807, 2.05) is 0 Å². The molecule has 8 nitrogen and oxygen atoms in total. The summed E-state index contributed by atoms with van der Waals surface area (Å²) in [6, 6.07) is 11.0. The molecule has 1 aromatic carbocycles. The van der Waals surface area contributed by atoms with Gasteiger partial charge in [0, 0.05) is 23.5 Å². The molecule has 0 radical (unpaired) electrons. The van der Waals surface area contributed by atoms with E-state index in [9.17, 15) is 14.7 Å². The second kappa shape index (κ2) is 6.34. The van der Waals surface area contributed by atoms with Gasteiger partial charge < -0.3 is 10.2 Å². The summed E-state index contributed by atoms with van der Waals surface area (Å²) in [4.78, 5) is 31.3. The molecule has 0 bridgehead atoms. The third-order valence-corrected chi connectivity index (χ3v) is 4.15. The van der Waals surface area contributed by atoms with Gasteiger partial charge in [-0.15, -0.1) is 0 Å².